The fourth-order valence-corrected chi connectivity index (χ4v) is 14.7. The Bertz CT molecular complexity index is 1560. The molecule has 2 aromatic rings. The average molecular weight is 833 g/mol. The summed E-state index contributed by atoms with van der Waals surface area (Å²) in [5, 5.41) is 1.99. The van der Waals surface area contributed by atoms with Gasteiger partial charge in [0.15, 0.2) is 16.6 Å². The number of fused-ring (bicyclic) bond motifs is 1. The summed E-state index contributed by atoms with van der Waals surface area (Å²) >= 11 is 0. The second-order valence-electron chi connectivity index (χ2n) is 22.1. The zero-order valence-corrected chi connectivity index (χ0v) is 42.1. The van der Waals surface area contributed by atoms with E-state index in [1.807, 2.05) is 60.7 Å². The maximum absolute atomic E-state index is 14.7. The molecule has 0 bridgehead atoms. The zero-order valence-electron chi connectivity index (χ0n) is 39.2. The first-order chi connectivity index (χ1) is 26.4. The summed E-state index contributed by atoms with van der Waals surface area (Å²) in [6.07, 6.45) is 17.6. The van der Waals surface area contributed by atoms with Crippen LogP contribution in [0.5, 0.6) is 0 Å². The maximum atomic E-state index is 14.7. The van der Waals surface area contributed by atoms with Gasteiger partial charge < -0.3 is 13.4 Å². The molecule has 3 aliphatic rings. The standard InChI is InChI=1S/C33H51O3PSi2.C18H34/c1-26-30(35-38(8,9)32(2,3)4)24-27(25-31(26)36-39(10,11)33(5,6)7)22-23-37(34,28-18-14-12-15-19-28)29-20-16-13-17-21-29;1-14(2)8-5-6-10-16-11-12-17-15(3)9-7-13-18(16,17)4/h12-22,30-31H,1,23-25H2,2-11H3;14-17H,5-13H2,1-4H3/t30-,31-;15-,16-,17-,18+/m10/s1. The molecular formula is C51H85O3PSi2. The Morgan fingerprint density at radius 1 is 0.807 bits per heavy atom. The van der Waals surface area contributed by atoms with Crippen LogP contribution in [0.15, 0.2) is 84.5 Å². The minimum absolute atomic E-state index is 0.0894. The van der Waals surface area contributed by atoms with Crippen molar-refractivity contribution in [3.63, 3.8) is 0 Å². The molecule has 0 radical (unpaired) electrons. The van der Waals surface area contributed by atoms with Gasteiger partial charge in [0, 0.05) is 16.8 Å². The molecule has 57 heavy (non-hydrogen) atoms. The van der Waals surface area contributed by atoms with Crippen molar-refractivity contribution < 1.29 is 13.4 Å². The molecule has 0 aliphatic heterocycles. The summed E-state index contributed by atoms with van der Waals surface area (Å²) in [4.78, 5) is 0. The summed E-state index contributed by atoms with van der Waals surface area (Å²) in [6.45, 7) is 37.3. The molecule has 0 N–H and O–H groups in total. The number of hydrogen-bond donors (Lipinski definition) is 0. The van der Waals surface area contributed by atoms with Crippen LogP contribution < -0.4 is 10.6 Å². The first kappa shape index (κ1) is 48.2. The number of allylic oxidation sites excluding steroid dienone is 1. The summed E-state index contributed by atoms with van der Waals surface area (Å²) < 4.78 is 28.7. The van der Waals surface area contributed by atoms with Crippen LogP contribution in [0.2, 0.25) is 36.3 Å². The molecule has 3 aliphatic carbocycles. The van der Waals surface area contributed by atoms with Crippen molar-refractivity contribution >= 4 is 34.4 Å². The molecule has 0 amide bonds. The van der Waals surface area contributed by atoms with Gasteiger partial charge in [-0.1, -0.05) is 180 Å². The zero-order chi connectivity index (χ0) is 42.5. The lowest BCUT2D eigenvalue weighted by molar-refractivity contribution is 0.0545. The molecule has 0 unspecified atom stereocenters. The van der Waals surface area contributed by atoms with Gasteiger partial charge in [0.05, 0.1) is 12.2 Å². The molecule has 3 fully saturated rings. The van der Waals surface area contributed by atoms with Gasteiger partial charge in [0.25, 0.3) is 0 Å². The minimum atomic E-state index is -2.84. The third-order valence-corrected chi connectivity index (χ3v) is 27.4. The van der Waals surface area contributed by atoms with E-state index in [0.717, 1.165) is 58.1 Å². The van der Waals surface area contributed by atoms with Crippen LogP contribution in [0.1, 0.15) is 140 Å². The Morgan fingerprint density at radius 3 is 1.75 bits per heavy atom. The lowest BCUT2D eigenvalue weighted by atomic mass is 9.61. The predicted molar refractivity (Wildman–Crippen MR) is 256 cm³/mol. The van der Waals surface area contributed by atoms with Crippen LogP contribution in [0.25, 0.3) is 0 Å². The Hall–Kier alpha value is -1.50. The second kappa shape index (κ2) is 19.5. The number of rotatable bonds is 13. The first-order valence-electron chi connectivity index (χ1n) is 22.8. The van der Waals surface area contributed by atoms with Crippen LogP contribution >= 0.6 is 7.14 Å². The van der Waals surface area contributed by atoms with E-state index in [1.54, 1.807) is 0 Å². The van der Waals surface area contributed by atoms with Crippen molar-refractivity contribution in [2.75, 3.05) is 6.16 Å². The monoisotopic (exact) mass is 833 g/mol. The van der Waals surface area contributed by atoms with E-state index in [1.165, 1.54) is 63.4 Å². The van der Waals surface area contributed by atoms with E-state index in [4.69, 9.17) is 8.85 Å². The van der Waals surface area contributed by atoms with Crippen LogP contribution in [0.3, 0.4) is 0 Å². The molecule has 0 heterocycles. The topological polar surface area (TPSA) is 35.5 Å². The van der Waals surface area contributed by atoms with Crippen molar-refractivity contribution in [2.24, 2.45) is 29.1 Å². The Morgan fingerprint density at radius 2 is 1.30 bits per heavy atom. The van der Waals surface area contributed by atoms with Gasteiger partial charge in [0.1, 0.15) is 7.14 Å². The van der Waals surface area contributed by atoms with Crippen LogP contribution in [-0.2, 0) is 13.4 Å². The van der Waals surface area contributed by atoms with Gasteiger partial charge in [-0.15, -0.1) is 0 Å². The summed E-state index contributed by atoms with van der Waals surface area (Å²) in [5.41, 5.74) is 3.05. The predicted octanol–water partition coefficient (Wildman–Crippen LogP) is 15.1. The quantitative estimate of drug-likeness (QED) is 0.0873. The van der Waals surface area contributed by atoms with E-state index in [2.05, 4.69) is 108 Å². The van der Waals surface area contributed by atoms with Crippen molar-refractivity contribution in [1.29, 1.82) is 0 Å². The SMILES string of the molecule is C=C1[C@H](O[Si](C)(C)C(C)(C)C)CC(=CCP(=O)(c2ccccc2)c2ccccc2)C[C@H]1O[Si](C)(C)C(C)(C)C.CC(C)CCCC[C@H]1CC[C@H]2[C@@H](C)CCC[C@]12C. The molecule has 2 aromatic carbocycles. The van der Waals surface area contributed by atoms with Gasteiger partial charge >= 0.3 is 0 Å². The highest BCUT2D eigenvalue weighted by molar-refractivity contribution is 7.78. The summed E-state index contributed by atoms with van der Waals surface area (Å²) in [7, 11) is -6.92. The molecule has 3 nitrogen and oxygen atoms in total. The van der Waals surface area contributed by atoms with Crippen molar-refractivity contribution in [3.05, 3.63) is 84.5 Å². The Labute approximate surface area is 354 Å². The van der Waals surface area contributed by atoms with Gasteiger partial charge in [-0.05, 0) is 109 Å². The number of unbranched alkanes of at least 4 members (excludes halogenated alkanes) is 1. The van der Waals surface area contributed by atoms with Crippen molar-refractivity contribution in [2.45, 2.75) is 188 Å². The molecule has 320 valence electrons. The molecule has 0 saturated heterocycles. The molecule has 0 spiro atoms. The molecular weight excluding hydrogens is 748 g/mol. The maximum Gasteiger partial charge on any atom is 0.192 e. The molecule has 3 saturated carbocycles. The van der Waals surface area contributed by atoms with Crippen LogP contribution in [0.4, 0.5) is 0 Å². The number of hydrogen-bond acceptors (Lipinski definition) is 3. The third kappa shape index (κ3) is 12.1. The Balaban J connectivity index is 0.000000332. The van der Waals surface area contributed by atoms with Crippen LogP contribution in [0, 0.1) is 29.1 Å². The van der Waals surface area contributed by atoms with Gasteiger partial charge in [-0.2, -0.15) is 0 Å². The van der Waals surface area contributed by atoms with E-state index >= 15 is 0 Å². The van der Waals surface area contributed by atoms with Gasteiger partial charge in [-0.25, -0.2) is 0 Å². The van der Waals surface area contributed by atoms with Crippen molar-refractivity contribution in [3.8, 4) is 0 Å². The fraction of sp³-hybridized carbons (Fsp3) is 0.686. The van der Waals surface area contributed by atoms with Gasteiger partial charge in [0.2, 0.25) is 0 Å². The highest BCUT2D eigenvalue weighted by atomic mass is 31.2. The van der Waals surface area contributed by atoms with Gasteiger partial charge in [-0.3, -0.25) is 0 Å². The second-order valence-corrected chi connectivity index (χ2v) is 34.5. The molecule has 5 rings (SSSR count). The number of benzene rings is 2. The van der Waals surface area contributed by atoms with E-state index in [-0.39, 0.29) is 22.3 Å². The third-order valence-electron chi connectivity index (χ3n) is 15.4. The summed E-state index contributed by atoms with van der Waals surface area (Å²) in [5.74, 6) is 4.01. The average Bonchev–Trinajstić information content (AvgIpc) is 3.47. The first-order valence-corrected chi connectivity index (χ1v) is 30.5. The van der Waals surface area contributed by atoms with E-state index in [9.17, 15) is 4.57 Å². The minimum Gasteiger partial charge on any atom is -0.410 e. The lowest BCUT2D eigenvalue weighted by Gasteiger charge is -2.46. The fourth-order valence-electron chi connectivity index (χ4n) is 9.54. The molecule has 0 aromatic heterocycles. The molecule has 6 atom stereocenters. The van der Waals surface area contributed by atoms with E-state index < -0.39 is 23.8 Å². The smallest absolute Gasteiger partial charge is 0.192 e. The summed E-state index contributed by atoms with van der Waals surface area (Å²) in [6, 6.07) is 19.9. The lowest BCUT2D eigenvalue weighted by Crippen LogP contribution is -2.49. The molecule has 6 heteroatoms. The van der Waals surface area contributed by atoms with Crippen molar-refractivity contribution in [1.82, 2.24) is 0 Å². The van der Waals surface area contributed by atoms with Crippen LogP contribution in [-0.4, -0.2) is 35.0 Å². The highest BCUT2D eigenvalue weighted by Crippen LogP contribution is 2.58. The highest BCUT2D eigenvalue weighted by Gasteiger charge is 2.49. The Kier molecular flexibility index (Phi) is 16.5. The largest absolute Gasteiger partial charge is 0.410 e. The normalized spacial score (nSPS) is 26.2. The van der Waals surface area contributed by atoms with E-state index in [0.29, 0.717) is 6.16 Å².